The van der Waals surface area contributed by atoms with Gasteiger partial charge in [-0.3, -0.25) is 19.1 Å². The second-order valence-electron chi connectivity index (χ2n) is 5.04. The van der Waals surface area contributed by atoms with Crippen LogP contribution in [0.3, 0.4) is 0 Å². The van der Waals surface area contributed by atoms with E-state index in [2.05, 4.69) is 4.98 Å². The first-order chi connectivity index (χ1) is 10.2. The summed E-state index contributed by atoms with van der Waals surface area (Å²) in [6.45, 7) is 0. The molecule has 0 fully saturated rings. The van der Waals surface area contributed by atoms with Gasteiger partial charge >= 0.3 is 5.69 Å². The monoisotopic (exact) mass is 278 g/mol. The van der Waals surface area contributed by atoms with Gasteiger partial charge in [0.15, 0.2) is 5.78 Å². The molecular formula is C16H10N2O3. The molecule has 5 heteroatoms. The number of benzene rings is 2. The second-order valence-corrected chi connectivity index (χ2v) is 5.04. The molecule has 0 spiro atoms. The smallest absolute Gasteiger partial charge is 0.291 e. The number of carbonyl (C=O) groups is 1. The lowest BCUT2D eigenvalue weighted by atomic mass is 10.0. The average molecular weight is 278 g/mol. The van der Waals surface area contributed by atoms with Crippen molar-refractivity contribution in [1.82, 2.24) is 9.55 Å². The molecule has 1 aliphatic carbocycles. The molecule has 1 atom stereocenters. The van der Waals surface area contributed by atoms with Crippen molar-refractivity contribution in [3.8, 4) is 0 Å². The Morgan fingerprint density at radius 3 is 2.48 bits per heavy atom. The first kappa shape index (κ1) is 11.8. The molecular weight excluding hydrogens is 268 g/mol. The predicted molar refractivity (Wildman–Crippen MR) is 77.7 cm³/mol. The lowest BCUT2D eigenvalue weighted by molar-refractivity contribution is 0.0952. The number of hydrogen-bond donors (Lipinski definition) is 1. The van der Waals surface area contributed by atoms with E-state index >= 15 is 0 Å². The SMILES string of the molecule is O=C1c2cccc3cccc(c23)C1n1ccc(=O)[nH]c1=O. The van der Waals surface area contributed by atoms with Crippen LogP contribution >= 0.6 is 0 Å². The number of aromatic nitrogens is 2. The van der Waals surface area contributed by atoms with E-state index in [9.17, 15) is 14.4 Å². The van der Waals surface area contributed by atoms with Crippen molar-refractivity contribution in [3.05, 3.63) is 80.6 Å². The zero-order valence-corrected chi connectivity index (χ0v) is 10.9. The minimum absolute atomic E-state index is 0.129. The van der Waals surface area contributed by atoms with Gasteiger partial charge in [0.05, 0.1) is 0 Å². The highest BCUT2D eigenvalue weighted by Crippen LogP contribution is 2.38. The summed E-state index contributed by atoms with van der Waals surface area (Å²) < 4.78 is 1.28. The molecule has 0 aliphatic heterocycles. The predicted octanol–water partition coefficient (Wildman–Crippen LogP) is 1.48. The molecule has 2 aromatic carbocycles. The Bertz CT molecular complexity index is 1010. The fourth-order valence-corrected chi connectivity index (χ4v) is 3.00. The molecule has 1 aromatic heterocycles. The van der Waals surface area contributed by atoms with Crippen LogP contribution in [0.2, 0.25) is 0 Å². The van der Waals surface area contributed by atoms with Gasteiger partial charge < -0.3 is 0 Å². The number of carbonyl (C=O) groups excluding carboxylic acids is 1. The normalized spacial score (nSPS) is 16.6. The maximum Gasteiger partial charge on any atom is 0.329 e. The molecule has 3 aromatic rings. The van der Waals surface area contributed by atoms with Gasteiger partial charge in [-0.15, -0.1) is 0 Å². The van der Waals surface area contributed by atoms with E-state index in [0.29, 0.717) is 5.56 Å². The summed E-state index contributed by atoms with van der Waals surface area (Å²) in [6, 6.07) is 11.7. The first-order valence-corrected chi connectivity index (χ1v) is 6.54. The summed E-state index contributed by atoms with van der Waals surface area (Å²) in [6.07, 6.45) is 1.37. The maximum atomic E-state index is 12.7. The van der Waals surface area contributed by atoms with Crippen LogP contribution in [0.1, 0.15) is 22.0 Å². The summed E-state index contributed by atoms with van der Waals surface area (Å²) in [5.41, 5.74) is 0.358. The molecule has 1 N–H and O–H groups in total. The summed E-state index contributed by atoms with van der Waals surface area (Å²) in [4.78, 5) is 38.0. The van der Waals surface area contributed by atoms with Gasteiger partial charge in [0.2, 0.25) is 0 Å². The van der Waals surface area contributed by atoms with Crippen molar-refractivity contribution in [2.45, 2.75) is 6.04 Å². The largest absolute Gasteiger partial charge is 0.329 e. The average Bonchev–Trinajstić information content (AvgIpc) is 2.75. The van der Waals surface area contributed by atoms with E-state index in [1.807, 2.05) is 30.3 Å². The van der Waals surface area contributed by atoms with Crippen LogP contribution in [-0.4, -0.2) is 15.3 Å². The fourth-order valence-electron chi connectivity index (χ4n) is 3.00. The number of nitrogens with one attached hydrogen (secondary N) is 1. The fraction of sp³-hybridized carbons (Fsp3) is 0.0625. The number of hydrogen-bond acceptors (Lipinski definition) is 3. The number of rotatable bonds is 1. The van der Waals surface area contributed by atoms with Gasteiger partial charge in [-0.05, 0) is 16.3 Å². The highest BCUT2D eigenvalue weighted by Gasteiger charge is 2.34. The van der Waals surface area contributed by atoms with Crippen molar-refractivity contribution in [2.75, 3.05) is 0 Å². The van der Waals surface area contributed by atoms with E-state index in [1.54, 1.807) is 6.07 Å². The van der Waals surface area contributed by atoms with Crippen LogP contribution < -0.4 is 11.2 Å². The molecule has 5 nitrogen and oxygen atoms in total. The minimum Gasteiger partial charge on any atom is -0.291 e. The molecule has 0 saturated heterocycles. The molecule has 0 amide bonds. The lowest BCUT2D eigenvalue weighted by Gasteiger charge is -2.13. The quantitative estimate of drug-likeness (QED) is 0.732. The Kier molecular flexibility index (Phi) is 2.27. The molecule has 4 rings (SSSR count). The van der Waals surface area contributed by atoms with Gasteiger partial charge in [-0.2, -0.15) is 0 Å². The van der Waals surface area contributed by atoms with Crippen LogP contribution in [0.4, 0.5) is 0 Å². The standard InChI is InChI=1S/C16H10N2O3/c19-12-7-8-18(16(21)17-12)14-10-5-1-3-9-4-2-6-11(13(9)10)15(14)20/h1-8,14H,(H,17,19,21). The Balaban J connectivity index is 2.06. The molecule has 21 heavy (non-hydrogen) atoms. The van der Waals surface area contributed by atoms with E-state index in [-0.39, 0.29) is 5.78 Å². The number of Topliss-reactive ketones (excluding diaryl/α,β-unsaturated/α-hetero) is 1. The van der Waals surface area contributed by atoms with Gasteiger partial charge in [-0.1, -0.05) is 36.4 Å². The second kappa shape index (κ2) is 4.02. The minimum atomic E-state index is -0.713. The van der Waals surface area contributed by atoms with E-state index in [4.69, 9.17) is 0 Å². The lowest BCUT2D eigenvalue weighted by Crippen LogP contribution is -2.33. The molecule has 102 valence electrons. The Morgan fingerprint density at radius 1 is 0.952 bits per heavy atom. The van der Waals surface area contributed by atoms with Crippen LogP contribution in [-0.2, 0) is 0 Å². The third-order valence-corrected chi connectivity index (χ3v) is 3.87. The van der Waals surface area contributed by atoms with Crippen LogP contribution in [0.15, 0.2) is 58.3 Å². The van der Waals surface area contributed by atoms with Crippen LogP contribution in [0, 0.1) is 0 Å². The highest BCUT2D eigenvalue weighted by molar-refractivity contribution is 6.18. The number of H-pyrrole nitrogens is 1. The van der Waals surface area contributed by atoms with E-state index < -0.39 is 17.3 Å². The zero-order valence-electron chi connectivity index (χ0n) is 10.9. The first-order valence-electron chi connectivity index (χ1n) is 6.54. The molecule has 1 heterocycles. The van der Waals surface area contributed by atoms with Crippen LogP contribution in [0.25, 0.3) is 10.8 Å². The van der Waals surface area contributed by atoms with Crippen molar-refractivity contribution in [3.63, 3.8) is 0 Å². The van der Waals surface area contributed by atoms with Crippen LogP contribution in [0.5, 0.6) is 0 Å². The highest BCUT2D eigenvalue weighted by atomic mass is 16.2. The molecule has 0 radical (unpaired) electrons. The molecule has 1 aliphatic rings. The van der Waals surface area contributed by atoms with Gasteiger partial charge in [-0.25, -0.2) is 4.79 Å². The number of aromatic amines is 1. The number of nitrogens with zero attached hydrogens (tertiary/aromatic N) is 1. The summed E-state index contributed by atoms with van der Waals surface area (Å²) in [5.74, 6) is -0.129. The van der Waals surface area contributed by atoms with Crippen molar-refractivity contribution >= 4 is 16.6 Å². The third kappa shape index (κ3) is 1.54. The summed E-state index contributed by atoms with van der Waals surface area (Å²) in [5, 5.41) is 1.85. The van der Waals surface area contributed by atoms with Crippen molar-refractivity contribution in [1.29, 1.82) is 0 Å². The van der Waals surface area contributed by atoms with Gasteiger partial charge in [0, 0.05) is 17.8 Å². The third-order valence-electron chi connectivity index (χ3n) is 3.87. The van der Waals surface area contributed by atoms with Gasteiger partial charge in [0.25, 0.3) is 5.56 Å². The topological polar surface area (TPSA) is 71.9 Å². The number of ketones is 1. The van der Waals surface area contributed by atoms with Crippen molar-refractivity contribution in [2.24, 2.45) is 0 Å². The van der Waals surface area contributed by atoms with Gasteiger partial charge in [0.1, 0.15) is 6.04 Å². The molecule has 1 unspecified atom stereocenters. The maximum absolute atomic E-state index is 12.7. The molecule has 0 bridgehead atoms. The van der Waals surface area contributed by atoms with Crippen molar-refractivity contribution < 1.29 is 4.79 Å². The van der Waals surface area contributed by atoms with E-state index in [1.165, 1.54) is 16.8 Å². The Labute approximate surface area is 118 Å². The zero-order chi connectivity index (χ0) is 14.6. The Morgan fingerprint density at radius 2 is 1.71 bits per heavy atom. The van der Waals surface area contributed by atoms with E-state index in [0.717, 1.165) is 16.3 Å². The summed E-state index contributed by atoms with van der Waals surface area (Å²) >= 11 is 0. The summed E-state index contributed by atoms with van der Waals surface area (Å²) in [7, 11) is 0. The Hall–Kier alpha value is -2.95. The molecule has 0 saturated carbocycles.